The summed E-state index contributed by atoms with van der Waals surface area (Å²) in [4.78, 5) is 40.5. The number of ether oxygens (including phenoxy) is 2. The molecule has 1 aliphatic rings. The largest absolute Gasteiger partial charge is 0.465 e. The van der Waals surface area contributed by atoms with Crippen LogP contribution in [0.3, 0.4) is 0 Å². The van der Waals surface area contributed by atoms with Gasteiger partial charge in [-0.3, -0.25) is 14.9 Å². The van der Waals surface area contributed by atoms with Gasteiger partial charge < -0.3 is 14.4 Å². The highest BCUT2D eigenvalue weighted by atomic mass is 16.5. The minimum absolute atomic E-state index is 0.177. The number of rotatable bonds is 11. The zero-order valence-corrected chi connectivity index (χ0v) is 20.7. The Labute approximate surface area is 207 Å². The zero-order valence-electron chi connectivity index (χ0n) is 20.7. The molecule has 3 rings (SSSR count). The quantitative estimate of drug-likeness (QED) is 0.494. The van der Waals surface area contributed by atoms with Crippen LogP contribution in [0.2, 0.25) is 0 Å². The van der Waals surface area contributed by atoms with Gasteiger partial charge >= 0.3 is 11.9 Å². The predicted molar refractivity (Wildman–Crippen MR) is 133 cm³/mol. The Hall–Kier alpha value is -3.19. The van der Waals surface area contributed by atoms with E-state index in [1.165, 1.54) is 0 Å². The van der Waals surface area contributed by atoms with Crippen LogP contribution in [0.4, 0.5) is 0 Å². The number of benzene rings is 2. The number of esters is 2. The molecular weight excluding hydrogens is 444 g/mol. The second kappa shape index (κ2) is 13.6. The molecule has 0 bridgehead atoms. The maximum Gasteiger partial charge on any atom is 0.329 e. The van der Waals surface area contributed by atoms with Gasteiger partial charge in [0.1, 0.15) is 18.7 Å². The normalized spacial score (nSPS) is 17.3. The van der Waals surface area contributed by atoms with Gasteiger partial charge in [-0.2, -0.15) is 0 Å². The molecule has 188 valence electrons. The fourth-order valence-corrected chi connectivity index (χ4v) is 4.35. The number of hydrogen-bond donors (Lipinski definition) is 1. The van der Waals surface area contributed by atoms with Crippen LogP contribution in [0.1, 0.15) is 50.7 Å². The maximum absolute atomic E-state index is 13.4. The number of carbonyl (C=O) groups excluding carboxylic acids is 3. The van der Waals surface area contributed by atoms with E-state index < -0.39 is 18.1 Å². The van der Waals surface area contributed by atoms with Crippen LogP contribution < -0.4 is 5.32 Å². The number of aryl methyl sites for hydroxylation is 1. The molecule has 1 fully saturated rings. The number of amides is 1. The first kappa shape index (κ1) is 26.4. The molecule has 7 heteroatoms. The number of piperidine rings is 1. The van der Waals surface area contributed by atoms with E-state index in [0.29, 0.717) is 25.8 Å². The standard InChI is InChI=1S/C28H36N2O5/c1-3-34-27(32)24(18-17-22-12-6-4-7-13-22)29-21(2)26(31)30-19-11-10-16-25(30)28(33)35-20-23-14-8-5-9-15-23/h4-9,12-15,21,24-25,29H,3,10-11,16-20H2,1-2H3/t21-,24?,25-/m0/s1. The number of nitrogens with zero attached hydrogens (tertiary/aromatic N) is 1. The molecule has 35 heavy (non-hydrogen) atoms. The van der Waals surface area contributed by atoms with E-state index in [0.717, 1.165) is 24.0 Å². The van der Waals surface area contributed by atoms with Crippen molar-refractivity contribution in [1.82, 2.24) is 10.2 Å². The van der Waals surface area contributed by atoms with E-state index in [1.807, 2.05) is 60.7 Å². The molecule has 0 saturated carbocycles. The second-order valence-corrected chi connectivity index (χ2v) is 8.85. The summed E-state index contributed by atoms with van der Waals surface area (Å²) < 4.78 is 10.8. The van der Waals surface area contributed by atoms with Crippen LogP contribution >= 0.6 is 0 Å². The van der Waals surface area contributed by atoms with E-state index in [1.54, 1.807) is 18.7 Å². The van der Waals surface area contributed by atoms with Crippen molar-refractivity contribution in [3.8, 4) is 0 Å². The van der Waals surface area contributed by atoms with Crippen molar-refractivity contribution in [1.29, 1.82) is 0 Å². The summed E-state index contributed by atoms with van der Waals surface area (Å²) in [6.07, 6.45) is 3.44. The lowest BCUT2D eigenvalue weighted by Gasteiger charge is -2.36. The molecule has 1 heterocycles. The number of carbonyl (C=O) groups is 3. The van der Waals surface area contributed by atoms with Crippen LogP contribution in [0.15, 0.2) is 60.7 Å². The molecule has 0 aromatic heterocycles. The second-order valence-electron chi connectivity index (χ2n) is 8.85. The Morgan fingerprint density at radius 2 is 1.63 bits per heavy atom. The molecule has 3 atom stereocenters. The van der Waals surface area contributed by atoms with Crippen molar-refractivity contribution in [2.45, 2.75) is 70.7 Å². The number of hydrogen-bond acceptors (Lipinski definition) is 6. The smallest absolute Gasteiger partial charge is 0.329 e. The predicted octanol–water partition coefficient (Wildman–Crippen LogP) is 3.65. The molecular formula is C28H36N2O5. The van der Waals surface area contributed by atoms with E-state index in [9.17, 15) is 14.4 Å². The van der Waals surface area contributed by atoms with Gasteiger partial charge in [0, 0.05) is 6.54 Å². The van der Waals surface area contributed by atoms with Gasteiger partial charge in [-0.1, -0.05) is 60.7 Å². The SMILES string of the molecule is CCOC(=O)C(CCc1ccccc1)N[C@@H](C)C(=O)N1CCCC[C@H]1C(=O)OCc1ccccc1. The average molecular weight is 481 g/mol. The van der Waals surface area contributed by atoms with Crippen molar-refractivity contribution >= 4 is 17.8 Å². The van der Waals surface area contributed by atoms with E-state index in [-0.39, 0.29) is 31.1 Å². The molecule has 0 aliphatic carbocycles. The lowest BCUT2D eigenvalue weighted by Crippen LogP contribution is -2.56. The molecule has 7 nitrogen and oxygen atoms in total. The van der Waals surface area contributed by atoms with Crippen molar-refractivity contribution in [3.05, 3.63) is 71.8 Å². The molecule has 2 aromatic carbocycles. The monoisotopic (exact) mass is 480 g/mol. The highest BCUT2D eigenvalue weighted by Crippen LogP contribution is 2.20. The fourth-order valence-electron chi connectivity index (χ4n) is 4.35. The van der Waals surface area contributed by atoms with Gasteiger partial charge in [0.25, 0.3) is 0 Å². The summed E-state index contributed by atoms with van der Waals surface area (Å²) >= 11 is 0. The first-order chi connectivity index (χ1) is 17.0. The molecule has 1 saturated heterocycles. The van der Waals surface area contributed by atoms with Crippen LogP contribution in [0.5, 0.6) is 0 Å². The third kappa shape index (κ3) is 7.92. The molecule has 0 radical (unpaired) electrons. The first-order valence-corrected chi connectivity index (χ1v) is 12.5. The fraction of sp³-hybridized carbons (Fsp3) is 0.464. The highest BCUT2D eigenvalue weighted by Gasteiger charge is 2.36. The van der Waals surface area contributed by atoms with Crippen LogP contribution in [-0.2, 0) is 36.9 Å². The van der Waals surface area contributed by atoms with Crippen molar-refractivity contribution in [2.75, 3.05) is 13.2 Å². The Morgan fingerprint density at radius 3 is 2.29 bits per heavy atom. The Balaban J connectivity index is 1.62. The summed E-state index contributed by atoms with van der Waals surface area (Å²) in [6.45, 7) is 4.44. The van der Waals surface area contributed by atoms with Crippen LogP contribution in [0, 0.1) is 0 Å². The van der Waals surface area contributed by atoms with Gasteiger partial charge in [-0.25, -0.2) is 4.79 Å². The number of likely N-dealkylation sites (tertiary alicyclic amines) is 1. The highest BCUT2D eigenvalue weighted by molar-refractivity contribution is 5.88. The summed E-state index contributed by atoms with van der Waals surface area (Å²) in [6, 6.07) is 17.5. The third-order valence-corrected chi connectivity index (χ3v) is 6.24. The lowest BCUT2D eigenvalue weighted by atomic mass is 10.0. The summed E-state index contributed by atoms with van der Waals surface area (Å²) in [7, 11) is 0. The molecule has 1 N–H and O–H groups in total. The molecule has 2 aromatic rings. The van der Waals surface area contributed by atoms with E-state index in [2.05, 4.69) is 5.32 Å². The van der Waals surface area contributed by atoms with Crippen LogP contribution in [-0.4, -0.2) is 54.0 Å². The minimum Gasteiger partial charge on any atom is -0.465 e. The lowest BCUT2D eigenvalue weighted by molar-refractivity contribution is -0.159. The third-order valence-electron chi connectivity index (χ3n) is 6.24. The topological polar surface area (TPSA) is 84.9 Å². The summed E-state index contributed by atoms with van der Waals surface area (Å²) in [5.74, 6) is -0.971. The van der Waals surface area contributed by atoms with Crippen molar-refractivity contribution in [3.63, 3.8) is 0 Å². The maximum atomic E-state index is 13.4. The van der Waals surface area contributed by atoms with Gasteiger partial charge in [0.2, 0.25) is 5.91 Å². The zero-order chi connectivity index (χ0) is 25.0. The average Bonchev–Trinajstić information content (AvgIpc) is 2.90. The van der Waals surface area contributed by atoms with Crippen molar-refractivity contribution < 1.29 is 23.9 Å². The molecule has 1 aliphatic heterocycles. The van der Waals surface area contributed by atoms with Gasteiger partial charge in [-0.05, 0) is 57.1 Å². The Bertz CT molecular complexity index is 950. The van der Waals surface area contributed by atoms with Crippen LogP contribution in [0.25, 0.3) is 0 Å². The van der Waals surface area contributed by atoms with E-state index >= 15 is 0 Å². The molecule has 1 amide bonds. The Kier molecular flexibility index (Phi) is 10.3. The van der Waals surface area contributed by atoms with Crippen molar-refractivity contribution in [2.24, 2.45) is 0 Å². The Morgan fingerprint density at radius 1 is 0.971 bits per heavy atom. The first-order valence-electron chi connectivity index (χ1n) is 12.5. The molecule has 1 unspecified atom stereocenters. The van der Waals surface area contributed by atoms with Gasteiger partial charge in [0.05, 0.1) is 12.6 Å². The molecule has 0 spiro atoms. The van der Waals surface area contributed by atoms with E-state index in [4.69, 9.17) is 9.47 Å². The minimum atomic E-state index is -0.650. The van der Waals surface area contributed by atoms with Gasteiger partial charge in [0.15, 0.2) is 0 Å². The van der Waals surface area contributed by atoms with Gasteiger partial charge in [-0.15, -0.1) is 0 Å². The summed E-state index contributed by atoms with van der Waals surface area (Å²) in [5, 5.41) is 3.17. The summed E-state index contributed by atoms with van der Waals surface area (Å²) in [5.41, 5.74) is 2.01. The number of nitrogens with one attached hydrogen (secondary N) is 1.